The van der Waals surface area contributed by atoms with Gasteiger partial charge in [0.1, 0.15) is 5.75 Å². The summed E-state index contributed by atoms with van der Waals surface area (Å²) >= 11 is 0. The largest absolute Gasteiger partial charge is 0.573 e. The van der Waals surface area contributed by atoms with Crippen LogP contribution in [-0.4, -0.2) is 31.4 Å². The molecule has 20 heavy (non-hydrogen) atoms. The van der Waals surface area contributed by atoms with Gasteiger partial charge in [-0.25, -0.2) is 0 Å². The topological polar surface area (TPSA) is 38.5 Å². The number of hydrogen-bond acceptors (Lipinski definition) is 3. The first-order chi connectivity index (χ1) is 9.11. The van der Waals surface area contributed by atoms with Gasteiger partial charge in [-0.15, -0.1) is 13.2 Å². The number of hydrogen-bond donors (Lipinski definition) is 1. The van der Waals surface area contributed by atoms with Crippen molar-refractivity contribution in [2.45, 2.75) is 26.8 Å². The van der Waals surface area contributed by atoms with Crippen molar-refractivity contribution in [3.8, 4) is 5.75 Å². The van der Waals surface area contributed by atoms with Crippen molar-refractivity contribution in [3.05, 3.63) is 29.8 Å². The van der Waals surface area contributed by atoms with Crippen LogP contribution in [0.15, 0.2) is 24.3 Å². The standard InChI is InChI=1S/C14H21F3N2O/c1-13(2,9-18)10-19(3)8-11-5-4-6-12(7-11)20-14(15,16)17/h4-7H,8-10,18H2,1-3H3. The fourth-order valence-corrected chi connectivity index (χ4v) is 2.00. The third-order valence-corrected chi connectivity index (χ3v) is 2.84. The van der Waals surface area contributed by atoms with E-state index in [0.717, 1.165) is 12.1 Å². The lowest BCUT2D eigenvalue weighted by Gasteiger charge is -2.29. The Morgan fingerprint density at radius 2 is 1.90 bits per heavy atom. The molecule has 1 aromatic carbocycles. The number of rotatable bonds is 6. The molecule has 0 aliphatic rings. The lowest BCUT2D eigenvalue weighted by Crippen LogP contribution is -2.36. The fourth-order valence-electron chi connectivity index (χ4n) is 2.00. The van der Waals surface area contributed by atoms with Crippen LogP contribution in [0.2, 0.25) is 0 Å². The molecule has 0 heterocycles. The van der Waals surface area contributed by atoms with E-state index in [1.165, 1.54) is 12.1 Å². The second-order valence-corrected chi connectivity index (χ2v) is 5.74. The second-order valence-electron chi connectivity index (χ2n) is 5.74. The minimum atomic E-state index is -4.66. The van der Waals surface area contributed by atoms with Crippen molar-refractivity contribution in [1.29, 1.82) is 0 Å². The van der Waals surface area contributed by atoms with E-state index in [1.807, 2.05) is 25.8 Å². The average Bonchev–Trinajstić information content (AvgIpc) is 2.26. The van der Waals surface area contributed by atoms with Crippen LogP contribution >= 0.6 is 0 Å². The maximum Gasteiger partial charge on any atom is 0.573 e. The van der Waals surface area contributed by atoms with E-state index >= 15 is 0 Å². The molecule has 0 amide bonds. The molecule has 0 bridgehead atoms. The highest BCUT2D eigenvalue weighted by Crippen LogP contribution is 2.24. The predicted octanol–water partition coefficient (Wildman–Crippen LogP) is 3.00. The lowest BCUT2D eigenvalue weighted by molar-refractivity contribution is -0.274. The average molecular weight is 290 g/mol. The van der Waals surface area contributed by atoms with Crippen LogP contribution in [0, 0.1) is 5.41 Å². The molecule has 0 spiro atoms. The fraction of sp³-hybridized carbons (Fsp3) is 0.571. The van der Waals surface area contributed by atoms with Crippen LogP contribution < -0.4 is 10.5 Å². The molecule has 1 rings (SSSR count). The summed E-state index contributed by atoms with van der Waals surface area (Å²) in [5, 5.41) is 0. The number of benzene rings is 1. The molecule has 0 fully saturated rings. The first-order valence-corrected chi connectivity index (χ1v) is 6.35. The zero-order valence-corrected chi connectivity index (χ0v) is 12.0. The Balaban J connectivity index is 2.66. The van der Waals surface area contributed by atoms with Gasteiger partial charge in [0.25, 0.3) is 0 Å². The quantitative estimate of drug-likeness (QED) is 0.875. The second kappa shape index (κ2) is 6.45. The molecule has 0 aromatic heterocycles. The summed E-state index contributed by atoms with van der Waals surface area (Å²) in [6.07, 6.45) is -4.66. The summed E-state index contributed by atoms with van der Waals surface area (Å²) < 4.78 is 40.4. The molecule has 2 N–H and O–H groups in total. The van der Waals surface area contributed by atoms with E-state index < -0.39 is 6.36 Å². The molecule has 1 aromatic rings. The van der Waals surface area contributed by atoms with E-state index in [4.69, 9.17) is 5.73 Å². The van der Waals surface area contributed by atoms with Gasteiger partial charge in [-0.3, -0.25) is 0 Å². The summed E-state index contributed by atoms with van der Waals surface area (Å²) in [6, 6.07) is 6.02. The summed E-state index contributed by atoms with van der Waals surface area (Å²) in [5.41, 5.74) is 6.40. The van der Waals surface area contributed by atoms with Crippen LogP contribution in [-0.2, 0) is 6.54 Å². The van der Waals surface area contributed by atoms with Crippen molar-refractivity contribution >= 4 is 0 Å². The van der Waals surface area contributed by atoms with Crippen molar-refractivity contribution in [1.82, 2.24) is 4.90 Å². The molecule has 0 saturated carbocycles. The van der Waals surface area contributed by atoms with Gasteiger partial charge in [0.15, 0.2) is 0 Å². The third kappa shape index (κ3) is 6.25. The highest BCUT2D eigenvalue weighted by molar-refractivity contribution is 5.28. The number of alkyl halides is 3. The lowest BCUT2D eigenvalue weighted by atomic mass is 9.93. The molecule has 0 saturated heterocycles. The third-order valence-electron chi connectivity index (χ3n) is 2.84. The number of ether oxygens (including phenoxy) is 1. The molecule has 0 aliphatic heterocycles. The minimum absolute atomic E-state index is 0.0329. The molecule has 0 atom stereocenters. The SMILES string of the molecule is CN(Cc1cccc(OC(F)(F)F)c1)CC(C)(C)CN. The van der Waals surface area contributed by atoms with E-state index in [-0.39, 0.29) is 11.2 Å². The molecule has 3 nitrogen and oxygen atoms in total. The van der Waals surface area contributed by atoms with Gasteiger partial charge >= 0.3 is 6.36 Å². The monoisotopic (exact) mass is 290 g/mol. The first-order valence-electron chi connectivity index (χ1n) is 6.35. The van der Waals surface area contributed by atoms with Crippen molar-refractivity contribution < 1.29 is 17.9 Å². The van der Waals surface area contributed by atoms with Gasteiger partial charge in [-0.1, -0.05) is 26.0 Å². The van der Waals surface area contributed by atoms with E-state index in [0.29, 0.717) is 13.1 Å². The van der Waals surface area contributed by atoms with Gasteiger partial charge < -0.3 is 15.4 Å². The van der Waals surface area contributed by atoms with Crippen LogP contribution in [0.25, 0.3) is 0 Å². The number of nitrogens with zero attached hydrogens (tertiary/aromatic N) is 1. The molecule has 0 radical (unpaired) electrons. The van der Waals surface area contributed by atoms with Crippen molar-refractivity contribution in [2.24, 2.45) is 11.1 Å². The molecule has 0 aliphatic carbocycles. The maximum atomic E-state index is 12.2. The van der Waals surface area contributed by atoms with Crippen LogP contribution in [0.5, 0.6) is 5.75 Å². The predicted molar refractivity (Wildman–Crippen MR) is 72.3 cm³/mol. The van der Waals surface area contributed by atoms with E-state index in [9.17, 15) is 13.2 Å². The minimum Gasteiger partial charge on any atom is -0.406 e. The van der Waals surface area contributed by atoms with Gasteiger partial charge in [0, 0.05) is 13.1 Å². The number of halogens is 3. The van der Waals surface area contributed by atoms with Crippen LogP contribution in [0.3, 0.4) is 0 Å². The Kier molecular flexibility index (Phi) is 5.42. The molecule has 114 valence electrons. The number of nitrogens with two attached hydrogens (primary N) is 1. The Labute approximate surface area is 117 Å². The zero-order valence-electron chi connectivity index (χ0n) is 12.0. The molecular weight excluding hydrogens is 269 g/mol. The van der Waals surface area contributed by atoms with Gasteiger partial charge in [-0.2, -0.15) is 0 Å². The highest BCUT2D eigenvalue weighted by Gasteiger charge is 2.31. The van der Waals surface area contributed by atoms with Crippen molar-refractivity contribution in [2.75, 3.05) is 20.1 Å². The van der Waals surface area contributed by atoms with E-state index in [1.54, 1.807) is 12.1 Å². The van der Waals surface area contributed by atoms with Crippen LogP contribution in [0.1, 0.15) is 19.4 Å². The Morgan fingerprint density at radius 1 is 1.25 bits per heavy atom. The van der Waals surface area contributed by atoms with Gasteiger partial charge in [0.05, 0.1) is 0 Å². The van der Waals surface area contributed by atoms with Crippen molar-refractivity contribution in [3.63, 3.8) is 0 Å². The first kappa shape index (κ1) is 16.8. The van der Waals surface area contributed by atoms with Crippen LogP contribution in [0.4, 0.5) is 13.2 Å². The summed E-state index contributed by atoms with van der Waals surface area (Å²) in [5.74, 6) is -0.193. The van der Waals surface area contributed by atoms with Gasteiger partial charge in [-0.05, 0) is 36.7 Å². The Morgan fingerprint density at radius 3 is 2.45 bits per heavy atom. The summed E-state index contributed by atoms with van der Waals surface area (Å²) in [4.78, 5) is 2.03. The highest BCUT2D eigenvalue weighted by atomic mass is 19.4. The Hall–Kier alpha value is -1.27. The molecule has 6 heteroatoms. The van der Waals surface area contributed by atoms with Gasteiger partial charge in [0.2, 0.25) is 0 Å². The summed E-state index contributed by atoms with van der Waals surface area (Å²) in [6.45, 7) is 5.94. The molecular formula is C14H21F3N2O. The molecule has 0 unspecified atom stereocenters. The summed E-state index contributed by atoms with van der Waals surface area (Å²) in [7, 11) is 1.91. The zero-order chi connectivity index (χ0) is 15.4. The smallest absolute Gasteiger partial charge is 0.406 e. The van der Waals surface area contributed by atoms with E-state index in [2.05, 4.69) is 4.74 Å². The normalized spacial score (nSPS) is 12.8. The Bertz CT molecular complexity index is 433. The maximum absolute atomic E-state index is 12.2.